The van der Waals surface area contributed by atoms with Gasteiger partial charge >= 0.3 is 5.97 Å². The number of aliphatic carboxylic acids is 1. The molecule has 0 amide bonds. The van der Waals surface area contributed by atoms with Crippen LogP contribution in [0.1, 0.15) is 6.92 Å². The van der Waals surface area contributed by atoms with Crippen molar-refractivity contribution in [1.29, 1.82) is 0 Å². The van der Waals surface area contributed by atoms with Gasteiger partial charge in [0, 0.05) is 6.54 Å². The summed E-state index contributed by atoms with van der Waals surface area (Å²) in [4.78, 5) is 10.6. The smallest absolute Gasteiger partial charge is 0.307 e. The Balaban J connectivity index is 2.15. The van der Waals surface area contributed by atoms with Gasteiger partial charge in [0.15, 0.2) is 0 Å². The van der Waals surface area contributed by atoms with Crippen LogP contribution < -0.4 is 5.32 Å². The molecule has 2 rings (SSSR count). The normalized spacial score (nSPS) is 50.5. The average Bonchev–Trinajstić information content (AvgIpc) is 2.22. The molecule has 3 heteroatoms. The minimum Gasteiger partial charge on any atom is -0.481 e. The van der Waals surface area contributed by atoms with E-state index in [9.17, 15) is 4.79 Å². The van der Waals surface area contributed by atoms with Gasteiger partial charge in [0.1, 0.15) is 0 Å². The molecule has 0 aromatic carbocycles. The first-order valence-electron chi connectivity index (χ1n) is 3.60. The van der Waals surface area contributed by atoms with E-state index in [2.05, 4.69) is 12.2 Å². The Hall–Kier alpha value is -0.570. The number of hydrogen-bond acceptors (Lipinski definition) is 2. The van der Waals surface area contributed by atoms with E-state index in [1.165, 1.54) is 0 Å². The van der Waals surface area contributed by atoms with Gasteiger partial charge in [-0.2, -0.15) is 0 Å². The highest BCUT2D eigenvalue weighted by molar-refractivity contribution is 5.76. The van der Waals surface area contributed by atoms with Crippen molar-refractivity contribution in [2.75, 3.05) is 13.1 Å². The molecule has 10 heavy (non-hydrogen) atoms. The molecule has 2 fully saturated rings. The van der Waals surface area contributed by atoms with E-state index in [0.29, 0.717) is 5.92 Å². The lowest BCUT2D eigenvalue weighted by molar-refractivity contribution is -0.139. The van der Waals surface area contributed by atoms with Crippen LogP contribution in [-0.4, -0.2) is 24.2 Å². The molecule has 3 unspecified atom stereocenters. The molecule has 1 aliphatic carbocycles. The lowest BCUT2D eigenvalue weighted by atomic mass is 10.1. The summed E-state index contributed by atoms with van der Waals surface area (Å²) in [5.41, 5.74) is 0.0891. The van der Waals surface area contributed by atoms with Crippen molar-refractivity contribution in [1.82, 2.24) is 5.32 Å². The van der Waals surface area contributed by atoms with Gasteiger partial charge in [-0.1, -0.05) is 6.92 Å². The number of hydrogen-bond donors (Lipinski definition) is 2. The lowest BCUT2D eigenvalue weighted by Crippen LogP contribution is -2.22. The molecule has 56 valence electrons. The SMILES string of the molecule is CC12CNCC1C2C(=O)O. The fourth-order valence-corrected chi connectivity index (χ4v) is 2.20. The number of fused-ring (bicyclic) bond motifs is 1. The van der Waals surface area contributed by atoms with Crippen LogP contribution >= 0.6 is 0 Å². The standard InChI is InChI=1S/C7H11NO2/c1-7-3-8-2-4(7)5(7)6(9)10/h4-5,8H,2-3H2,1H3,(H,9,10). The first kappa shape index (κ1) is 6.16. The zero-order chi connectivity index (χ0) is 7.35. The topological polar surface area (TPSA) is 49.3 Å². The molecule has 1 aliphatic heterocycles. The Morgan fingerprint density at radius 2 is 2.50 bits per heavy atom. The van der Waals surface area contributed by atoms with E-state index in [4.69, 9.17) is 5.11 Å². The third-order valence-electron chi connectivity index (χ3n) is 2.99. The highest BCUT2D eigenvalue weighted by atomic mass is 16.4. The second kappa shape index (κ2) is 1.53. The van der Waals surface area contributed by atoms with Crippen molar-refractivity contribution in [3.63, 3.8) is 0 Å². The van der Waals surface area contributed by atoms with E-state index < -0.39 is 5.97 Å². The van der Waals surface area contributed by atoms with Crippen LogP contribution in [0.25, 0.3) is 0 Å². The monoisotopic (exact) mass is 141 g/mol. The minimum absolute atomic E-state index is 0.0613. The molecule has 3 atom stereocenters. The lowest BCUT2D eigenvalue weighted by Gasteiger charge is -2.04. The van der Waals surface area contributed by atoms with Gasteiger partial charge in [0.05, 0.1) is 5.92 Å². The van der Waals surface area contributed by atoms with E-state index >= 15 is 0 Å². The highest BCUT2D eigenvalue weighted by Crippen LogP contribution is 2.60. The van der Waals surface area contributed by atoms with E-state index in [-0.39, 0.29) is 11.3 Å². The average molecular weight is 141 g/mol. The van der Waals surface area contributed by atoms with Gasteiger partial charge in [0.2, 0.25) is 0 Å². The maximum absolute atomic E-state index is 10.6. The molecular weight excluding hydrogens is 130 g/mol. The third kappa shape index (κ3) is 0.515. The van der Waals surface area contributed by atoms with Crippen LogP contribution in [0.15, 0.2) is 0 Å². The van der Waals surface area contributed by atoms with Crippen molar-refractivity contribution in [2.45, 2.75) is 6.92 Å². The number of carboxylic acids is 1. The van der Waals surface area contributed by atoms with Gasteiger partial charge in [-0.3, -0.25) is 4.79 Å². The molecule has 0 aromatic rings. The summed E-state index contributed by atoms with van der Waals surface area (Å²) in [7, 11) is 0. The van der Waals surface area contributed by atoms with E-state index in [1.54, 1.807) is 0 Å². The molecular formula is C7H11NO2. The van der Waals surface area contributed by atoms with Crippen molar-refractivity contribution < 1.29 is 9.90 Å². The largest absolute Gasteiger partial charge is 0.481 e. The fraction of sp³-hybridized carbons (Fsp3) is 0.857. The predicted octanol–water partition coefficient (Wildman–Crippen LogP) is -0.0735. The maximum Gasteiger partial charge on any atom is 0.307 e. The number of carbonyl (C=O) groups is 1. The second-order valence-corrected chi connectivity index (χ2v) is 3.56. The number of rotatable bonds is 1. The molecule has 0 aromatic heterocycles. The summed E-state index contributed by atoms with van der Waals surface area (Å²) in [6, 6.07) is 0. The Bertz CT molecular complexity index is 192. The number of nitrogens with one attached hydrogen (secondary N) is 1. The number of piperidine rings is 1. The molecule has 3 nitrogen and oxygen atoms in total. The quantitative estimate of drug-likeness (QED) is 0.537. The van der Waals surface area contributed by atoms with Crippen LogP contribution in [0.4, 0.5) is 0 Å². The van der Waals surface area contributed by atoms with Crippen molar-refractivity contribution >= 4 is 5.97 Å². The molecule has 1 saturated heterocycles. The molecule has 0 spiro atoms. The van der Waals surface area contributed by atoms with Crippen LogP contribution in [0, 0.1) is 17.3 Å². The summed E-state index contributed by atoms with van der Waals surface area (Å²) in [6.07, 6.45) is 0. The summed E-state index contributed by atoms with van der Waals surface area (Å²) in [5.74, 6) is -0.271. The van der Waals surface area contributed by atoms with Gasteiger partial charge in [-0.15, -0.1) is 0 Å². The molecule has 1 heterocycles. The molecule has 0 bridgehead atoms. The van der Waals surface area contributed by atoms with Crippen LogP contribution in [0.3, 0.4) is 0 Å². The molecule has 1 saturated carbocycles. The minimum atomic E-state index is -0.617. The summed E-state index contributed by atoms with van der Waals surface area (Å²) < 4.78 is 0. The van der Waals surface area contributed by atoms with E-state index in [1.807, 2.05) is 0 Å². The maximum atomic E-state index is 10.6. The Morgan fingerprint density at radius 1 is 1.80 bits per heavy atom. The zero-order valence-corrected chi connectivity index (χ0v) is 5.92. The first-order valence-corrected chi connectivity index (χ1v) is 3.60. The highest BCUT2D eigenvalue weighted by Gasteiger charge is 2.67. The zero-order valence-electron chi connectivity index (χ0n) is 5.92. The molecule has 0 radical (unpaired) electrons. The van der Waals surface area contributed by atoms with Gasteiger partial charge in [-0.05, 0) is 17.9 Å². The predicted molar refractivity (Wildman–Crippen MR) is 35.6 cm³/mol. The van der Waals surface area contributed by atoms with Gasteiger partial charge in [0.25, 0.3) is 0 Å². The van der Waals surface area contributed by atoms with Crippen LogP contribution in [-0.2, 0) is 4.79 Å². The van der Waals surface area contributed by atoms with Crippen molar-refractivity contribution in [2.24, 2.45) is 17.3 Å². The summed E-state index contributed by atoms with van der Waals surface area (Å²) in [6.45, 7) is 3.83. The third-order valence-corrected chi connectivity index (χ3v) is 2.99. The molecule has 2 aliphatic rings. The van der Waals surface area contributed by atoms with Crippen molar-refractivity contribution in [3.8, 4) is 0 Å². The summed E-state index contributed by atoms with van der Waals surface area (Å²) in [5, 5.41) is 11.9. The van der Waals surface area contributed by atoms with Crippen molar-refractivity contribution in [3.05, 3.63) is 0 Å². The molecule has 2 N–H and O–H groups in total. The summed E-state index contributed by atoms with van der Waals surface area (Å²) >= 11 is 0. The number of carboxylic acid groups (broad SMARTS) is 1. The van der Waals surface area contributed by atoms with Crippen LogP contribution in [0.5, 0.6) is 0 Å². The van der Waals surface area contributed by atoms with E-state index in [0.717, 1.165) is 13.1 Å². The second-order valence-electron chi connectivity index (χ2n) is 3.56. The Kier molecular flexibility index (Phi) is 0.944. The van der Waals surface area contributed by atoms with Gasteiger partial charge in [-0.25, -0.2) is 0 Å². The van der Waals surface area contributed by atoms with Gasteiger partial charge < -0.3 is 10.4 Å². The first-order chi connectivity index (χ1) is 4.66. The van der Waals surface area contributed by atoms with Crippen LogP contribution in [0.2, 0.25) is 0 Å². The Labute approximate surface area is 59.4 Å². The Morgan fingerprint density at radius 3 is 2.80 bits per heavy atom. The fourth-order valence-electron chi connectivity index (χ4n) is 2.20.